The molecule has 5 heteroatoms. The van der Waals surface area contributed by atoms with Crippen LogP contribution in [0.3, 0.4) is 0 Å². The summed E-state index contributed by atoms with van der Waals surface area (Å²) in [5, 5.41) is 6.94. The molecule has 1 aromatic carbocycles. The zero-order chi connectivity index (χ0) is 14.1. The number of nitrogens with one attached hydrogen (secondary N) is 1. The molecule has 1 amide bonds. The van der Waals surface area contributed by atoms with Gasteiger partial charge in [-0.3, -0.25) is 9.89 Å². The minimum Gasteiger partial charge on any atom is -0.311 e. The van der Waals surface area contributed by atoms with E-state index in [1.807, 2.05) is 31.2 Å². The zero-order valence-corrected chi connectivity index (χ0v) is 11.1. The van der Waals surface area contributed by atoms with Gasteiger partial charge in [0.25, 0.3) is 0 Å². The van der Waals surface area contributed by atoms with Crippen molar-refractivity contribution in [2.24, 2.45) is 5.92 Å². The molecular formula is C15H14N4O. The number of benzene rings is 1. The Morgan fingerprint density at radius 2 is 2.35 bits per heavy atom. The molecule has 2 heterocycles. The molecule has 0 aliphatic carbocycles. The molecule has 0 bridgehead atoms. The quantitative estimate of drug-likeness (QED) is 0.843. The molecule has 1 saturated heterocycles. The highest BCUT2D eigenvalue weighted by Crippen LogP contribution is 2.27. The van der Waals surface area contributed by atoms with E-state index in [1.165, 1.54) is 0 Å². The number of carbonyl (C=O) groups excluding carboxylic acids is 1. The van der Waals surface area contributed by atoms with Crippen molar-refractivity contribution in [1.82, 2.24) is 15.2 Å². The SMILES string of the molecule is C#CC1CC(=O)N(c2cccc(-c3n[nH]c(C)n3)c2)C1. The topological polar surface area (TPSA) is 61.9 Å². The summed E-state index contributed by atoms with van der Waals surface area (Å²) >= 11 is 0. The number of aromatic nitrogens is 3. The molecular weight excluding hydrogens is 252 g/mol. The van der Waals surface area contributed by atoms with Crippen LogP contribution in [0.25, 0.3) is 11.4 Å². The number of aromatic amines is 1. The highest BCUT2D eigenvalue weighted by Gasteiger charge is 2.29. The second-order valence-electron chi connectivity index (χ2n) is 4.87. The normalized spacial score (nSPS) is 18.3. The van der Waals surface area contributed by atoms with Crippen molar-refractivity contribution in [3.05, 3.63) is 30.1 Å². The van der Waals surface area contributed by atoms with Crippen molar-refractivity contribution in [2.45, 2.75) is 13.3 Å². The Kier molecular flexibility index (Phi) is 2.99. The molecule has 1 unspecified atom stereocenters. The number of anilines is 1. The van der Waals surface area contributed by atoms with Crippen LogP contribution in [0.4, 0.5) is 5.69 Å². The average molecular weight is 266 g/mol. The predicted octanol–water partition coefficient (Wildman–Crippen LogP) is 1.77. The van der Waals surface area contributed by atoms with Gasteiger partial charge in [-0.2, -0.15) is 5.10 Å². The van der Waals surface area contributed by atoms with E-state index < -0.39 is 0 Å². The number of H-pyrrole nitrogens is 1. The van der Waals surface area contributed by atoms with Gasteiger partial charge in [0.15, 0.2) is 5.82 Å². The lowest BCUT2D eigenvalue weighted by Crippen LogP contribution is -2.24. The van der Waals surface area contributed by atoms with E-state index in [0.29, 0.717) is 18.8 Å². The van der Waals surface area contributed by atoms with E-state index in [9.17, 15) is 4.79 Å². The lowest BCUT2D eigenvalue weighted by atomic mass is 10.1. The van der Waals surface area contributed by atoms with Crippen molar-refractivity contribution < 1.29 is 4.79 Å². The third-order valence-corrected chi connectivity index (χ3v) is 3.37. The number of amides is 1. The van der Waals surface area contributed by atoms with Gasteiger partial charge >= 0.3 is 0 Å². The molecule has 1 aromatic heterocycles. The number of carbonyl (C=O) groups is 1. The molecule has 1 aliphatic rings. The fourth-order valence-corrected chi connectivity index (χ4v) is 2.35. The van der Waals surface area contributed by atoms with Gasteiger partial charge in [0.2, 0.25) is 5.91 Å². The summed E-state index contributed by atoms with van der Waals surface area (Å²) in [4.78, 5) is 18.0. The summed E-state index contributed by atoms with van der Waals surface area (Å²) in [7, 11) is 0. The van der Waals surface area contributed by atoms with E-state index in [0.717, 1.165) is 17.1 Å². The first-order valence-electron chi connectivity index (χ1n) is 6.43. The zero-order valence-electron chi connectivity index (χ0n) is 11.1. The van der Waals surface area contributed by atoms with Gasteiger partial charge in [-0.25, -0.2) is 4.98 Å². The maximum atomic E-state index is 12.0. The fourth-order valence-electron chi connectivity index (χ4n) is 2.35. The minimum atomic E-state index is -0.00286. The molecule has 1 aliphatic heterocycles. The van der Waals surface area contributed by atoms with Crippen molar-refractivity contribution in [3.8, 4) is 23.7 Å². The Morgan fingerprint density at radius 3 is 3.00 bits per heavy atom. The molecule has 2 aromatic rings. The van der Waals surface area contributed by atoms with E-state index >= 15 is 0 Å². The first kappa shape index (κ1) is 12.4. The van der Waals surface area contributed by atoms with E-state index in [2.05, 4.69) is 21.1 Å². The van der Waals surface area contributed by atoms with Gasteiger partial charge in [-0.1, -0.05) is 12.1 Å². The van der Waals surface area contributed by atoms with Gasteiger partial charge in [0, 0.05) is 30.1 Å². The molecule has 3 rings (SSSR count). The van der Waals surface area contributed by atoms with Gasteiger partial charge in [0.1, 0.15) is 5.82 Å². The summed E-state index contributed by atoms with van der Waals surface area (Å²) < 4.78 is 0. The van der Waals surface area contributed by atoms with Crippen molar-refractivity contribution in [3.63, 3.8) is 0 Å². The van der Waals surface area contributed by atoms with E-state index in [-0.39, 0.29) is 11.8 Å². The Labute approximate surface area is 117 Å². The molecule has 0 radical (unpaired) electrons. The maximum absolute atomic E-state index is 12.0. The molecule has 1 fully saturated rings. The smallest absolute Gasteiger partial charge is 0.228 e. The third kappa shape index (κ3) is 2.16. The van der Waals surface area contributed by atoms with Crippen LogP contribution in [-0.4, -0.2) is 27.6 Å². The van der Waals surface area contributed by atoms with Gasteiger partial charge in [0.05, 0.1) is 0 Å². The lowest BCUT2D eigenvalue weighted by Gasteiger charge is -2.16. The van der Waals surface area contributed by atoms with E-state index in [1.54, 1.807) is 4.90 Å². The van der Waals surface area contributed by atoms with Crippen LogP contribution < -0.4 is 4.90 Å². The molecule has 1 N–H and O–H groups in total. The van der Waals surface area contributed by atoms with Crippen LogP contribution in [0, 0.1) is 25.2 Å². The number of aryl methyl sites for hydroxylation is 1. The maximum Gasteiger partial charge on any atom is 0.228 e. The van der Waals surface area contributed by atoms with Crippen LogP contribution in [0.1, 0.15) is 12.2 Å². The summed E-state index contributed by atoms with van der Waals surface area (Å²) in [5.41, 5.74) is 1.72. The van der Waals surface area contributed by atoms with Crippen LogP contribution in [0.15, 0.2) is 24.3 Å². The summed E-state index contributed by atoms with van der Waals surface area (Å²) in [6.07, 6.45) is 5.82. The largest absolute Gasteiger partial charge is 0.311 e. The first-order valence-corrected chi connectivity index (χ1v) is 6.43. The van der Waals surface area contributed by atoms with E-state index in [4.69, 9.17) is 6.42 Å². The molecule has 20 heavy (non-hydrogen) atoms. The van der Waals surface area contributed by atoms with Crippen LogP contribution in [-0.2, 0) is 4.79 Å². The summed E-state index contributed by atoms with van der Waals surface area (Å²) in [5.74, 6) is 4.10. The van der Waals surface area contributed by atoms with Gasteiger partial charge < -0.3 is 4.90 Å². The highest BCUT2D eigenvalue weighted by atomic mass is 16.2. The Morgan fingerprint density at radius 1 is 1.50 bits per heavy atom. The van der Waals surface area contributed by atoms with Crippen LogP contribution >= 0.6 is 0 Å². The molecule has 100 valence electrons. The third-order valence-electron chi connectivity index (χ3n) is 3.37. The highest BCUT2D eigenvalue weighted by molar-refractivity contribution is 5.96. The Balaban J connectivity index is 1.92. The summed E-state index contributed by atoms with van der Waals surface area (Å²) in [6.45, 7) is 2.42. The summed E-state index contributed by atoms with van der Waals surface area (Å²) in [6, 6.07) is 7.64. The van der Waals surface area contributed by atoms with Gasteiger partial charge in [-0.05, 0) is 19.1 Å². The molecule has 5 nitrogen and oxygen atoms in total. The molecule has 1 atom stereocenters. The number of hydrogen-bond donors (Lipinski definition) is 1. The molecule has 0 saturated carbocycles. The van der Waals surface area contributed by atoms with Crippen LogP contribution in [0.5, 0.6) is 0 Å². The minimum absolute atomic E-state index is 0.00286. The number of terminal acetylenes is 1. The number of rotatable bonds is 2. The predicted molar refractivity (Wildman–Crippen MR) is 75.8 cm³/mol. The Hall–Kier alpha value is -2.61. The lowest BCUT2D eigenvalue weighted by molar-refractivity contribution is -0.117. The van der Waals surface area contributed by atoms with Gasteiger partial charge in [-0.15, -0.1) is 12.3 Å². The average Bonchev–Trinajstić information content (AvgIpc) is 3.05. The van der Waals surface area contributed by atoms with Crippen molar-refractivity contribution in [2.75, 3.05) is 11.4 Å². The number of nitrogens with zero attached hydrogens (tertiary/aromatic N) is 3. The second-order valence-corrected chi connectivity index (χ2v) is 4.87. The van der Waals surface area contributed by atoms with Crippen molar-refractivity contribution in [1.29, 1.82) is 0 Å². The van der Waals surface area contributed by atoms with Crippen molar-refractivity contribution >= 4 is 11.6 Å². The standard InChI is InChI=1S/C15H14N4O/c1-3-11-7-14(20)19(9-11)13-6-4-5-12(8-13)15-16-10(2)17-18-15/h1,4-6,8,11H,7,9H2,2H3,(H,16,17,18). The Bertz CT molecular complexity index is 698. The fraction of sp³-hybridized carbons (Fsp3) is 0.267. The second kappa shape index (κ2) is 4.82. The van der Waals surface area contributed by atoms with Crippen LogP contribution in [0.2, 0.25) is 0 Å². The monoisotopic (exact) mass is 266 g/mol. The molecule has 0 spiro atoms. The number of hydrogen-bond acceptors (Lipinski definition) is 3. The first-order chi connectivity index (χ1) is 9.67.